The molecule has 6 heteroatoms. The van der Waals surface area contributed by atoms with E-state index in [1.165, 1.54) is 66.2 Å². The molecule has 0 N–H and O–H groups in total. The average Bonchev–Trinajstić information content (AvgIpc) is 3.50. The Hall–Kier alpha value is -3.19. The van der Waals surface area contributed by atoms with Crippen molar-refractivity contribution >= 4 is 63.6 Å². The summed E-state index contributed by atoms with van der Waals surface area (Å²) in [5.74, 6) is 0. The Labute approximate surface area is 312 Å². The fraction of sp³-hybridized carbons (Fsp3) is 0.227. The van der Waals surface area contributed by atoms with E-state index in [0.717, 1.165) is 17.4 Å². The summed E-state index contributed by atoms with van der Waals surface area (Å²) in [5.41, 5.74) is 11.3. The fourth-order valence-corrected chi connectivity index (χ4v) is 14.6. The maximum Gasteiger partial charge on any atom is -0.0134 e. The second-order valence-electron chi connectivity index (χ2n) is 13.2. The van der Waals surface area contributed by atoms with Gasteiger partial charge in [0.2, 0.25) is 0 Å². The predicted octanol–water partition coefficient (Wildman–Crippen LogP) is 10.6. The molecule has 0 saturated carbocycles. The summed E-state index contributed by atoms with van der Waals surface area (Å²) in [6.45, 7) is 19.0. The van der Waals surface area contributed by atoms with Gasteiger partial charge in [-0.25, -0.2) is 0 Å². The third-order valence-electron chi connectivity index (χ3n) is 8.58. The van der Waals surface area contributed by atoms with Crippen LogP contribution in [-0.4, -0.2) is 22.1 Å². The maximum absolute atomic E-state index is 7.26. The van der Waals surface area contributed by atoms with Crippen molar-refractivity contribution in [1.82, 2.24) is 0 Å². The molecule has 0 aromatic heterocycles. The normalized spacial score (nSPS) is 13.2. The molecule has 1 heterocycles. The van der Waals surface area contributed by atoms with Gasteiger partial charge in [0.25, 0.3) is 0 Å². The zero-order chi connectivity index (χ0) is 36.0. The summed E-state index contributed by atoms with van der Waals surface area (Å²) >= 11 is -3.33. The second-order valence-corrected chi connectivity index (χ2v) is 24.7. The van der Waals surface area contributed by atoms with Gasteiger partial charge >= 0.3 is 199 Å². The van der Waals surface area contributed by atoms with Crippen molar-refractivity contribution in [3.05, 3.63) is 160 Å². The number of rotatable bonds is 6. The van der Waals surface area contributed by atoms with Gasteiger partial charge in [0, 0.05) is 0 Å². The first-order valence-electron chi connectivity index (χ1n) is 17.0. The van der Waals surface area contributed by atoms with Crippen LogP contribution in [-0.2, 0) is 11.9 Å². The molecule has 6 rings (SSSR count). The number of hydrogen-bond acceptors (Lipinski definition) is 2. The minimum atomic E-state index is -3.33. The standard InChI is InChI=1S/C21H26N2.C18H15P.C5H8.2ClH.Ru/c1-14-9-16(3)20(17(4)10-14)22-7-8-23(13-22)21-18(5)11-15(2)12-19(21)6;1-4-10-16(11-5-1)19(17-12-6-2-7-13-17)18-14-8-3-9-15-18;1-4-5(2)3;;;/h9-12H,7-8H2,1-6H3;1-15H;1,4H,2-3H3;2*1H;/q;;;;;+2/p-2. The van der Waals surface area contributed by atoms with Crippen LogP contribution in [0.15, 0.2) is 127 Å². The summed E-state index contributed by atoms with van der Waals surface area (Å²) in [6, 6.07) is 41.3. The van der Waals surface area contributed by atoms with Gasteiger partial charge in [0.1, 0.15) is 0 Å². The maximum atomic E-state index is 7.26. The minimum Gasteiger partial charge on any atom is -0.0622 e. The Kier molecular flexibility index (Phi) is 12.9. The summed E-state index contributed by atoms with van der Waals surface area (Å²) in [5, 5.41) is 4.19. The fourth-order valence-electron chi connectivity index (χ4n) is 6.80. The van der Waals surface area contributed by atoms with Crippen molar-refractivity contribution in [2.24, 2.45) is 0 Å². The van der Waals surface area contributed by atoms with E-state index in [1.807, 2.05) is 0 Å². The number of anilines is 2. The van der Waals surface area contributed by atoms with Crippen molar-refractivity contribution < 1.29 is 11.9 Å². The molecule has 0 aliphatic carbocycles. The first-order valence-corrected chi connectivity index (χ1v) is 24.7. The van der Waals surface area contributed by atoms with Crippen LogP contribution in [0.1, 0.15) is 47.2 Å². The molecular weight excluding hydrogens is 759 g/mol. The third-order valence-corrected chi connectivity index (χ3v) is 16.5. The molecule has 5 aromatic carbocycles. The Morgan fingerprint density at radius 2 is 0.880 bits per heavy atom. The van der Waals surface area contributed by atoms with E-state index in [0.29, 0.717) is 0 Å². The number of allylic oxidation sites excluding steroid dienone is 2. The van der Waals surface area contributed by atoms with Crippen LogP contribution in [0.2, 0.25) is 0 Å². The molecule has 0 radical (unpaired) electrons. The molecule has 0 amide bonds. The van der Waals surface area contributed by atoms with E-state index in [4.69, 9.17) is 19.4 Å². The second kappa shape index (κ2) is 16.9. The van der Waals surface area contributed by atoms with E-state index in [2.05, 4.69) is 191 Å². The molecule has 0 atom stereocenters. The smallest absolute Gasteiger partial charge is 0.0134 e. The zero-order valence-electron chi connectivity index (χ0n) is 30.5. The first kappa shape index (κ1) is 38.1. The van der Waals surface area contributed by atoms with Crippen LogP contribution in [0, 0.1) is 41.5 Å². The van der Waals surface area contributed by atoms with Crippen LogP contribution in [0.3, 0.4) is 0 Å². The van der Waals surface area contributed by atoms with Crippen LogP contribution in [0.4, 0.5) is 11.4 Å². The third kappa shape index (κ3) is 8.99. The van der Waals surface area contributed by atoms with Crippen LogP contribution < -0.4 is 25.7 Å². The van der Waals surface area contributed by atoms with Crippen LogP contribution in [0.25, 0.3) is 0 Å². The van der Waals surface area contributed by atoms with E-state index in [-0.39, 0.29) is 0 Å². The van der Waals surface area contributed by atoms with Gasteiger partial charge in [-0.05, 0) is 23.8 Å². The average molecular weight is 809 g/mol. The van der Waals surface area contributed by atoms with Crippen molar-refractivity contribution in [3.63, 3.8) is 0 Å². The molecule has 262 valence electrons. The number of aryl methyl sites for hydroxylation is 6. The molecule has 0 bridgehead atoms. The SMILES string of the molecule is CC(C)=C[CH]=[Ru]([Cl])([Cl])=[C]1N(c2c(C)cc(C)cc2C)CCN1c1c(C)cc(C)cc1C.c1ccc(P(c2ccccc2)c2ccccc2)cc1. The van der Waals surface area contributed by atoms with Gasteiger partial charge in [-0.3, -0.25) is 0 Å². The topological polar surface area (TPSA) is 6.48 Å². The monoisotopic (exact) mass is 808 g/mol. The molecule has 1 saturated heterocycles. The number of benzene rings is 5. The Bertz CT molecular complexity index is 1880. The molecule has 0 unspecified atom stereocenters. The van der Waals surface area contributed by atoms with Gasteiger partial charge in [0.05, 0.1) is 0 Å². The summed E-state index contributed by atoms with van der Waals surface area (Å²) in [7, 11) is 14.1. The van der Waals surface area contributed by atoms with Gasteiger partial charge in [0.15, 0.2) is 0 Å². The first-order chi connectivity index (χ1) is 23.9. The Morgan fingerprint density at radius 1 is 0.560 bits per heavy atom. The van der Waals surface area contributed by atoms with Gasteiger partial charge < -0.3 is 0 Å². The van der Waals surface area contributed by atoms with Gasteiger partial charge in [-0.15, -0.1) is 0 Å². The summed E-state index contributed by atoms with van der Waals surface area (Å²) in [4.78, 5) is 4.79. The molecule has 2 nitrogen and oxygen atoms in total. The predicted molar refractivity (Wildman–Crippen MR) is 223 cm³/mol. The molecule has 1 aliphatic heterocycles. The summed E-state index contributed by atoms with van der Waals surface area (Å²) in [6.07, 6.45) is 2.08. The molecule has 50 heavy (non-hydrogen) atoms. The van der Waals surface area contributed by atoms with E-state index >= 15 is 0 Å². The van der Waals surface area contributed by atoms with Crippen molar-refractivity contribution in [2.45, 2.75) is 55.4 Å². The van der Waals surface area contributed by atoms with Crippen LogP contribution in [0.5, 0.6) is 0 Å². The van der Waals surface area contributed by atoms with E-state index in [9.17, 15) is 0 Å². The molecule has 5 aromatic rings. The number of hydrogen-bond donors (Lipinski definition) is 0. The quantitative estimate of drug-likeness (QED) is 0.125. The number of nitrogens with zero attached hydrogens (tertiary/aromatic N) is 2. The Balaban J connectivity index is 0.000000217. The molecule has 1 aliphatic rings. The zero-order valence-corrected chi connectivity index (χ0v) is 34.6. The van der Waals surface area contributed by atoms with Crippen molar-refractivity contribution in [3.8, 4) is 0 Å². The largest absolute Gasteiger partial charge is 0.0622 e. The van der Waals surface area contributed by atoms with E-state index < -0.39 is 19.8 Å². The molecule has 0 spiro atoms. The molecular formula is C44H49Cl2N2PRu. The summed E-state index contributed by atoms with van der Waals surface area (Å²) < 4.78 is 3.15. The molecule has 1 fully saturated rings. The van der Waals surface area contributed by atoms with Crippen molar-refractivity contribution in [1.29, 1.82) is 0 Å². The number of halogens is 2. The minimum absolute atomic E-state index is 0.446. The van der Waals surface area contributed by atoms with Gasteiger partial charge in [-0.1, -0.05) is 91.0 Å². The Morgan fingerprint density at radius 3 is 1.18 bits per heavy atom. The van der Waals surface area contributed by atoms with Crippen molar-refractivity contribution in [2.75, 3.05) is 22.9 Å². The van der Waals surface area contributed by atoms with E-state index in [1.54, 1.807) is 0 Å². The van der Waals surface area contributed by atoms with Crippen LogP contribution >= 0.6 is 27.3 Å². The van der Waals surface area contributed by atoms with Gasteiger partial charge in [-0.2, -0.15) is 0 Å².